The van der Waals surface area contributed by atoms with Crippen molar-refractivity contribution in [3.63, 3.8) is 0 Å². The van der Waals surface area contributed by atoms with Crippen molar-refractivity contribution in [1.29, 1.82) is 0 Å². The molecule has 0 N–H and O–H groups in total. The van der Waals surface area contributed by atoms with Gasteiger partial charge < -0.3 is 4.42 Å². The van der Waals surface area contributed by atoms with E-state index in [1.807, 2.05) is 20.8 Å². The summed E-state index contributed by atoms with van der Waals surface area (Å²) in [6, 6.07) is 0. The van der Waals surface area contributed by atoms with Gasteiger partial charge in [0, 0.05) is 11.1 Å². The molecule has 0 amide bonds. The third-order valence-electron chi connectivity index (χ3n) is 5.56. The second kappa shape index (κ2) is 5.42. The Labute approximate surface area is 149 Å². The molecule has 1 aromatic rings. The molecule has 0 unspecified atom stereocenters. The molecule has 0 aromatic heterocycles. The Balaban J connectivity index is 2.62. The summed E-state index contributed by atoms with van der Waals surface area (Å²) >= 11 is 0. The Morgan fingerprint density at radius 1 is 0.760 bits per heavy atom. The van der Waals surface area contributed by atoms with E-state index in [4.69, 9.17) is 9.40 Å². The van der Waals surface area contributed by atoms with Gasteiger partial charge in [-0.05, 0) is 74.8 Å². The highest BCUT2D eigenvalue weighted by molar-refractivity contribution is 5.86. The number of aromatic nitrogens is 1. The van der Waals surface area contributed by atoms with Crippen LogP contribution < -0.4 is 5.43 Å². The molecule has 2 aliphatic rings. The molecule has 25 heavy (non-hydrogen) atoms. The van der Waals surface area contributed by atoms with Crippen molar-refractivity contribution >= 4 is 11.1 Å². The molecule has 0 radical (unpaired) electrons. The number of hydrogen-bond donors (Lipinski definition) is 0. The summed E-state index contributed by atoms with van der Waals surface area (Å²) in [4.78, 5) is 17.4. The highest BCUT2D eigenvalue weighted by atomic mass is 16.3. The van der Waals surface area contributed by atoms with Gasteiger partial charge in [0.2, 0.25) is 0 Å². The van der Waals surface area contributed by atoms with E-state index in [1.165, 1.54) is 11.1 Å². The number of aryl methyl sites for hydroxylation is 2. The standard InChI is InChI=1S/C22H27NO2/c1-10-11(2)17-20(14(5)16(10)22(7,8)9)25-21-15(6)19(24)13(4)12(3)18(21)23-17/h1-9H3. The van der Waals surface area contributed by atoms with E-state index in [-0.39, 0.29) is 10.8 Å². The van der Waals surface area contributed by atoms with Gasteiger partial charge in [0.25, 0.3) is 0 Å². The Morgan fingerprint density at radius 2 is 1.36 bits per heavy atom. The van der Waals surface area contributed by atoms with Crippen LogP contribution in [0, 0.1) is 41.5 Å². The van der Waals surface area contributed by atoms with E-state index in [0.29, 0.717) is 11.3 Å². The predicted molar refractivity (Wildman–Crippen MR) is 104 cm³/mol. The lowest BCUT2D eigenvalue weighted by Gasteiger charge is -2.27. The zero-order valence-corrected chi connectivity index (χ0v) is 16.8. The van der Waals surface area contributed by atoms with Crippen LogP contribution in [-0.2, 0) is 5.41 Å². The van der Waals surface area contributed by atoms with Crippen molar-refractivity contribution in [2.24, 2.45) is 0 Å². The van der Waals surface area contributed by atoms with Crippen molar-refractivity contribution in [2.45, 2.75) is 67.7 Å². The molecule has 0 saturated heterocycles. The molecule has 0 atom stereocenters. The van der Waals surface area contributed by atoms with Crippen molar-refractivity contribution in [2.75, 3.05) is 0 Å². The van der Waals surface area contributed by atoms with E-state index in [2.05, 4.69) is 41.5 Å². The Kier molecular flexibility index (Phi) is 3.83. The van der Waals surface area contributed by atoms with E-state index < -0.39 is 0 Å². The lowest BCUT2D eigenvalue weighted by Crippen LogP contribution is -2.18. The number of hydrogen-bond acceptors (Lipinski definition) is 3. The zero-order chi connectivity index (χ0) is 18.8. The van der Waals surface area contributed by atoms with Gasteiger partial charge in [-0.15, -0.1) is 0 Å². The first kappa shape index (κ1) is 17.7. The fourth-order valence-corrected chi connectivity index (χ4v) is 4.05. The average Bonchev–Trinajstić information content (AvgIpc) is 2.53. The van der Waals surface area contributed by atoms with Crippen molar-refractivity contribution in [3.05, 3.63) is 49.2 Å². The van der Waals surface area contributed by atoms with Gasteiger partial charge in [0.15, 0.2) is 16.8 Å². The number of fused-ring (bicyclic) bond motifs is 2. The fourth-order valence-electron chi connectivity index (χ4n) is 4.05. The zero-order valence-electron chi connectivity index (χ0n) is 16.8. The van der Waals surface area contributed by atoms with Crippen LogP contribution in [0.15, 0.2) is 9.21 Å². The highest BCUT2D eigenvalue weighted by Crippen LogP contribution is 2.39. The van der Waals surface area contributed by atoms with Crippen LogP contribution in [0.4, 0.5) is 0 Å². The first-order chi connectivity index (χ1) is 11.5. The molecule has 1 aliphatic heterocycles. The van der Waals surface area contributed by atoms with Crippen LogP contribution in [0.25, 0.3) is 22.6 Å². The van der Waals surface area contributed by atoms with Gasteiger partial charge in [-0.1, -0.05) is 20.8 Å². The molecular weight excluding hydrogens is 310 g/mol. The molecular formula is C22H27NO2. The topological polar surface area (TPSA) is 43.1 Å². The summed E-state index contributed by atoms with van der Waals surface area (Å²) in [7, 11) is 0. The largest absolute Gasteiger partial charge is 0.452 e. The molecule has 0 saturated carbocycles. The van der Waals surface area contributed by atoms with Gasteiger partial charge in [-0.3, -0.25) is 4.79 Å². The highest BCUT2D eigenvalue weighted by Gasteiger charge is 2.26. The molecule has 0 spiro atoms. The van der Waals surface area contributed by atoms with Crippen LogP contribution in [0.1, 0.15) is 59.7 Å². The Morgan fingerprint density at radius 3 is 1.92 bits per heavy atom. The first-order valence-corrected chi connectivity index (χ1v) is 8.81. The number of rotatable bonds is 0. The Bertz CT molecular complexity index is 1050. The minimum absolute atomic E-state index is 0.0134. The normalized spacial score (nSPS) is 12.4. The third-order valence-corrected chi connectivity index (χ3v) is 5.56. The summed E-state index contributed by atoms with van der Waals surface area (Å²) in [5.41, 5.74) is 9.69. The third kappa shape index (κ3) is 2.40. The smallest absolute Gasteiger partial charge is 0.188 e. The molecule has 132 valence electrons. The van der Waals surface area contributed by atoms with Crippen molar-refractivity contribution < 1.29 is 4.42 Å². The monoisotopic (exact) mass is 337 g/mol. The molecule has 1 heterocycles. The molecule has 1 aromatic carbocycles. The molecule has 0 bridgehead atoms. The maximum Gasteiger partial charge on any atom is 0.188 e. The average molecular weight is 337 g/mol. The van der Waals surface area contributed by atoms with Gasteiger partial charge in [-0.2, -0.15) is 0 Å². The van der Waals surface area contributed by atoms with Crippen LogP contribution in [0.3, 0.4) is 0 Å². The van der Waals surface area contributed by atoms with Gasteiger partial charge >= 0.3 is 0 Å². The molecule has 1 aliphatic carbocycles. The van der Waals surface area contributed by atoms with Crippen LogP contribution >= 0.6 is 0 Å². The van der Waals surface area contributed by atoms with Crippen molar-refractivity contribution in [3.8, 4) is 11.5 Å². The minimum Gasteiger partial charge on any atom is -0.452 e. The maximum atomic E-state index is 12.5. The first-order valence-electron chi connectivity index (χ1n) is 8.81. The minimum atomic E-state index is 0.0134. The Hall–Kier alpha value is -2.16. The summed E-state index contributed by atoms with van der Waals surface area (Å²) in [5.74, 6) is 0.617. The predicted octanol–water partition coefficient (Wildman–Crippen LogP) is 5.44. The van der Waals surface area contributed by atoms with Crippen LogP contribution in [-0.4, -0.2) is 4.98 Å². The molecule has 0 fully saturated rings. The van der Waals surface area contributed by atoms with E-state index in [1.54, 1.807) is 0 Å². The van der Waals surface area contributed by atoms with Crippen molar-refractivity contribution in [1.82, 2.24) is 4.98 Å². The SMILES string of the molecule is Cc1c2nc3c(C)c(C)c(C(C)(C)C)c(C)c3oc-2c(C)c(=O)c1C. The fraction of sp³-hybridized carbons (Fsp3) is 0.455. The maximum absolute atomic E-state index is 12.5. The quantitative estimate of drug-likeness (QED) is 0.513. The lowest BCUT2D eigenvalue weighted by atomic mass is 9.79. The van der Waals surface area contributed by atoms with Crippen LogP contribution in [0.2, 0.25) is 0 Å². The lowest BCUT2D eigenvalue weighted by molar-refractivity contribution is 0.569. The van der Waals surface area contributed by atoms with Gasteiger partial charge in [0.05, 0.1) is 0 Å². The summed E-state index contributed by atoms with van der Waals surface area (Å²) in [6.07, 6.45) is 0. The summed E-state index contributed by atoms with van der Waals surface area (Å²) < 4.78 is 6.33. The van der Waals surface area contributed by atoms with E-state index in [9.17, 15) is 4.79 Å². The van der Waals surface area contributed by atoms with Crippen LogP contribution in [0.5, 0.6) is 0 Å². The second-order valence-electron chi connectivity index (χ2n) is 8.27. The van der Waals surface area contributed by atoms with Gasteiger partial charge in [-0.25, -0.2) is 4.98 Å². The van der Waals surface area contributed by atoms with Gasteiger partial charge in [0.1, 0.15) is 11.2 Å². The number of nitrogens with zero attached hydrogens (tertiary/aromatic N) is 1. The second-order valence-corrected chi connectivity index (χ2v) is 8.27. The number of benzene rings is 2. The van der Waals surface area contributed by atoms with E-state index in [0.717, 1.165) is 39.0 Å². The summed E-state index contributed by atoms with van der Waals surface area (Å²) in [6.45, 7) is 18.7. The molecule has 3 rings (SSSR count). The molecule has 3 nitrogen and oxygen atoms in total. The van der Waals surface area contributed by atoms with E-state index >= 15 is 0 Å². The summed E-state index contributed by atoms with van der Waals surface area (Å²) in [5, 5.41) is 0. The molecule has 3 heteroatoms.